The zero-order valence-corrected chi connectivity index (χ0v) is 8.08. The van der Waals surface area contributed by atoms with E-state index in [-0.39, 0.29) is 51.7 Å². The van der Waals surface area contributed by atoms with Crippen LogP contribution in [0.5, 0.6) is 0 Å². The van der Waals surface area contributed by atoms with Crippen molar-refractivity contribution in [1.29, 1.82) is 0 Å². The molecule has 4 nitrogen and oxygen atoms in total. The van der Waals surface area contributed by atoms with Crippen LogP contribution >= 0.6 is 0 Å². The molecule has 36 valence electrons. The fourth-order valence-corrected chi connectivity index (χ4v) is 0. The van der Waals surface area contributed by atoms with Crippen LogP contribution in [0.25, 0.3) is 0 Å². The molecule has 0 saturated heterocycles. The summed E-state index contributed by atoms with van der Waals surface area (Å²) in [6.45, 7) is 0. The Labute approximate surface area is 78.6 Å². The van der Waals surface area contributed by atoms with Crippen molar-refractivity contribution in [1.82, 2.24) is 0 Å². The van der Waals surface area contributed by atoms with Crippen LogP contribution in [0.2, 0.25) is 0 Å². The second kappa shape index (κ2) is 3.44. The summed E-state index contributed by atoms with van der Waals surface area (Å²) in [5.41, 5.74) is 0. The van der Waals surface area contributed by atoms with Crippen LogP contribution in [0.15, 0.2) is 0 Å². The Hall–Kier alpha value is 1.44. The molecule has 6 heteroatoms. The predicted molar refractivity (Wildman–Crippen MR) is 22.2 cm³/mol. The van der Waals surface area contributed by atoms with E-state index in [4.69, 9.17) is 17.5 Å². The van der Waals surface area contributed by atoms with Crippen molar-refractivity contribution >= 4 is 59.3 Å². The second-order valence-electron chi connectivity index (χ2n) is 0.448. The van der Waals surface area contributed by atoms with E-state index in [0.29, 0.717) is 0 Å². The Morgan fingerprint density at radius 3 is 1.33 bits per heavy atom. The summed E-state index contributed by atoms with van der Waals surface area (Å²) in [5.74, 6) is 0. The molecule has 0 aliphatic rings. The summed E-state index contributed by atoms with van der Waals surface area (Å²) >= 11 is 0. The quantitative estimate of drug-likeness (QED) is 0.427. The fraction of sp³-hybridized carbons (Fsp3) is 0. The maximum Gasteiger partial charge on any atom is 2.00 e. The molecule has 0 aromatic rings. The molecule has 2 N–H and O–H groups in total. The number of hydrogen-bond donors (Lipinski definition) is 2. The van der Waals surface area contributed by atoms with Gasteiger partial charge in [0.2, 0.25) is 0 Å². The van der Waals surface area contributed by atoms with E-state index in [9.17, 15) is 0 Å². The van der Waals surface area contributed by atoms with Crippen molar-refractivity contribution in [3.63, 3.8) is 0 Å². The Bertz CT molecular complexity index is 97.2. The van der Waals surface area contributed by atoms with Gasteiger partial charge in [-0.3, -0.25) is 9.11 Å². The van der Waals surface area contributed by atoms with Gasteiger partial charge in [-0.2, -0.15) is 8.42 Å². The van der Waals surface area contributed by atoms with Gasteiger partial charge in [0.05, 0.1) is 0 Å². The van der Waals surface area contributed by atoms with Crippen molar-refractivity contribution in [2.45, 2.75) is 0 Å². The molecule has 0 aliphatic heterocycles. The molecule has 0 spiro atoms. The summed E-state index contributed by atoms with van der Waals surface area (Å²) in [7, 11) is -4.67. The van der Waals surface area contributed by atoms with Gasteiger partial charge in [0, 0.05) is 0 Å². The summed E-state index contributed by atoms with van der Waals surface area (Å²) in [6.07, 6.45) is 0. The third-order valence-electron chi connectivity index (χ3n) is 0. The summed E-state index contributed by atoms with van der Waals surface area (Å²) < 4.78 is 31.6. The van der Waals surface area contributed by atoms with Gasteiger partial charge < -0.3 is 2.85 Å². The maximum absolute atomic E-state index is 8.74. The molecule has 0 aromatic carbocycles. The summed E-state index contributed by atoms with van der Waals surface area (Å²) in [5, 5.41) is 0. The minimum atomic E-state index is -4.67. The number of rotatable bonds is 0. The minimum absolute atomic E-state index is 0. The van der Waals surface area contributed by atoms with Crippen molar-refractivity contribution in [3.8, 4) is 0 Å². The van der Waals surface area contributed by atoms with Gasteiger partial charge in [-0.25, -0.2) is 0 Å². The molecule has 0 bridgehead atoms. The van der Waals surface area contributed by atoms with Gasteiger partial charge in [0.25, 0.3) is 0 Å². The van der Waals surface area contributed by atoms with E-state index >= 15 is 0 Å². The fourth-order valence-electron chi connectivity index (χ4n) is 0. The third-order valence-corrected chi connectivity index (χ3v) is 0. The first-order valence-electron chi connectivity index (χ1n) is 0.698. The Morgan fingerprint density at radius 2 is 1.33 bits per heavy atom. The molecule has 0 aliphatic carbocycles. The SMILES string of the molecule is O=S(=O)(O)O.[Ba+2].[H-].[H-]. The van der Waals surface area contributed by atoms with Crippen molar-refractivity contribution in [3.05, 3.63) is 0 Å². The normalized spacial score (nSPS) is 9.67. The molecular weight excluding hydrogens is 233 g/mol. The molecule has 0 unspecified atom stereocenters. The zero-order chi connectivity index (χ0) is 4.50. The number of hydrogen-bond acceptors (Lipinski definition) is 2. The van der Waals surface area contributed by atoms with Crippen LogP contribution in [-0.4, -0.2) is 66.4 Å². The van der Waals surface area contributed by atoms with Crippen molar-refractivity contribution < 1.29 is 20.4 Å². The molecule has 0 aromatic heterocycles. The van der Waals surface area contributed by atoms with E-state index in [0.717, 1.165) is 0 Å². The van der Waals surface area contributed by atoms with Gasteiger partial charge in [0.15, 0.2) is 0 Å². The van der Waals surface area contributed by atoms with E-state index in [1.165, 1.54) is 0 Å². The first kappa shape index (κ1) is 10.4. The molecule has 0 rings (SSSR count). The summed E-state index contributed by atoms with van der Waals surface area (Å²) in [4.78, 5) is 0. The van der Waals surface area contributed by atoms with Crippen LogP contribution in [-0.2, 0) is 10.4 Å². The molecule has 0 fully saturated rings. The van der Waals surface area contributed by atoms with E-state index in [1.54, 1.807) is 0 Å². The monoisotopic (exact) mass is 238 g/mol. The van der Waals surface area contributed by atoms with Gasteiger partial charge in [-0.1, -0.05) is 0 Å². The van der Waals surface area contributed by atoms with Gasteiger partial charge >= 0.3 is 59.3 Å². The topological polar surface area (TPSA) is 74.6 Å². The molecule has 0 heterocycles. The van der Waals surface area contributed by atoms with Crippen molar-refractivity contribution in [2.24, 2.45) is 0 Å². The maximum atomic E-state index is 8.74. The largest absolute Gasteiger partial charge is 2.00 e. The summed E-state index contributed by atoms with van der Waals surface area (Å²) in [6, 6.07) is 0. The van der Waals surface area contributed by atoms with E-state index < -0.39 is 10.4 Å². The third kappa shape index (κ3) is 51.7. The first-order chi connectivity index (χ1) is 2.00. The van der Waals surface area contributed by atoms with Gasteiger partial charge in [0.1, 0.15) is 0 Å². The smallest absolute Gasteiger partial charge is 1.00 e. The predicted octanol–water partition coefficient (Wildman–Crippen LogP) is -0.809. The molecule has 6 heavy (non-hydrogen) atoms. The molecule has 0 radical (unpaired) electrons. The Kier molecular flexibility index (Phi) is 5.99. The standard InChI is InChI=1S/Ba.H2O4S.2H/c;1-5(2,3)4;;/h;(H2,1,2,3,4);;/q+2;;2*-1. The van der Waals surface area contributed by atoms with Crippen molar-refractivity contribution in [2.75, 3.05) is 0 Å². The van der Waals surface area contributed by atoms with E-state index in [1.807, 2.05) is 0 Å². The second-order valence-corrected chi connectivity index (χ2v) is 1.34. The molecule has 0 amide bonds. The van der Waals surface area contributed by atoms with Crippen LogP contribution in [0.4, 0.5) is 0 Å². The molecule has 0 atom stereocenters. The average molecular weight is 237 g/mol. The minimum Gasteiger partial charge on any atom is -1.00 e. The Balaban J connectivity index is -0.0000000267. The Morgan fingerprint density at radius 1 is 1.33 bits per heavy atom. The van der Waals surface area contributed by atoms with Crippen LogP contribution in [0, 0.1) is 0 Å². The zero-order valence-electron chi connectivity index (χ0n) is 4.83. The first-order valence-corrected chi connectivity index (χ1v) is 2.10. The van der Waals surface area contributed by atoms with Gasteiger partial charge in [-0.15, -0.1) is 0 Å². The van der Waals surface area contributed by atoms with Gasteiger partial charge in [-0.05, 0) is 0 Å². The average Bonchev–Trinajstić information content (AvgIpc) is 0.722. The van der Waals surface area contributed by atoms with E-state index in [2.05, 4.69) is 0 Å². The van der Waals surface area contributed by atoms with Crippen LogP contribution in [0.1, 0.15) is 2.85 Å². The van der Waals surface area contributed by atoms with Crippen LogP contribution < -0.4 is 0 Å². The molecular formula is H4BaO4S. The molecule has 0 saturated carbocycles. The van der Waals surface area contributed by atoms with Crippen LogP contribution in [0.3, 0.4) is 0 Å².